The molecule has 0 bridgehead atoms. The van der Waals surface area contributed by atoms with Gasteiger partial charge in [-0.05, 0) is 56.3 Å². The van der Waals surface area contributed by atoms with Gasteiger partial charge in [0, 0.05) is 0 Å². The molecule has 0 radical (unpaired) electrons. The van der Waals surface area contributed by atoms with Gasteiger partial charge in [0.15, 0.2) is 0 Å². The van der Waals surface area contributed by atoms with Gasteiger partial charge in [0.1, 0.15) is 5.82 Å². The number of aromatic nitrogens is 2. The quantitative estimate of drug-likeness (QED) is 0.862. The summed E-state index contributed by atoms with van der Waals surface area (Å²) in [6, 6.07) is 4.79. The van der Waals surface area contributed by atoms with E-state index >= 15 is 0 Å². The molecule has 2 unspecified atom stereocenters. The van der Waals surface area contributed by atoms with Gasteiger partial charge >= 0.3 is 0 Å². The van der Waals surface area contributed by atoms with Crippen LogP contribution in [0.3, 0.4) is 0 Å². The van der Waals surface area contributed by atoms with Gasteiger partial charge in [-0.1, -0.05) is 19.4 Å². The fourth-order valence-corrected chi connectivity index (χ4v) is 3.23. The Hall–Kier alpha value is -1.35. The lowest BCUT2D eigenvalue weighted by molar-refractivity contribution is 0.292. The highest BCUT2D eigenvalue weighted by molar-refractivity contribution is 5.79. The number of piperidine rings is 1. The van der Waals surface area contributed by atoms with Gasteiger partial charge in [-0.25, -0.2) is 4.98 Å². The van der Waals surface area contributed by atoms with Crippen molar-refractivity contribution in [3.63, 3.8) is 0 Å². The van der Waals surface area contributed by atoms with E-state index in [-0.39, 0.29) is 0 Å². The van der Waals surface area contributed by atoms with E-state index in [0.717, 1.165) is 23.8 Å². The molecule has 1 fully saturated rings. The SMILES string of the molecule is CCC1CCNC(c2nc3c(C)cc(C)cc3[nH]2)C1. The van der Waals surface area contributed by atoms with Gasteiger partial charge in [0.2, 0.25) is 0 Å². The molecule has 0 saturated carbocycles. The zero-order valence-electron chi connectivity index (χ0n) is 12.1. The van der Waals surface area contributed by atoms with Crippen LogP contribution in [0.4, 0.5) is 0 Å². The molecule has 2 aromatic rings. The van der Waals surface area contributed by atoms with E-state index in [1.807, 2.05) is 0 Å². The number of nitrogens with zero attached hydrogens (tertiary/aromatic N) is 1. The number of aromatic amines is 1. The first-order chi connectivity index (χ1) is 9.17. The zero-order valence-corrected chi connectivity index (χ0v) is 12.1. The van der Waals surface area contributed by atoms with Crippen LogP contribution in [-0.4, -0.2) is 16.5 Å². The maximum Gasteiger partial charge on any atom is 0.124 e. The van der Waals surface area contributed by atoms with Crippen molar-refractivity contribution in [3.05, 3.63) is 29.1 Å². The first kappa shape index (κ1) is 12.7. The summed E-state index contributed by atoms with van der Waals surface area (Å²) in [4.78, 5) is 8.35. The molecule has 0 spiro atoms. The topological polar surface area (TPSA) is 40.7 Å². The molecule has 1 aliphatic heterocycles. The lowest BCUT2D eigenvalue weighted by atomic mass is 9.90. The number of hydrogen-bond donors (Lipinski definition) is 2. The largest absolute Gasteiger partial charge is 0.341 e. The van der Waals surface area contributed by atoms with Crippen molar-refractivity contribution in [1.29, 1.82) is 0 Å². The van der Waals surface area contributed by atoms with E-state index in [4.69, 9.17) is 4.98 Å². The van der Waals surface area contributed by atoms with Crippen LogP contribution in [0.1, 0.15) is 49.2 Å². The predicted molar refractivity (Wildman–Crippen MR) is 79.3 cm³/mol. The number of benzene rings is 1. The molecular formula is C16H23N3. The smallest absolute Gasteiger partial charge is 0.124 e. The van der Waals surface area contributed by atoms with Crippen LogP contribution in [-0.2, 0) is 0 Å². The van der Waals surface area contributed by atoms with E-state index in [9.17, 15) is 0 Å². The third-order valence-corrected chi connectivity index (χ3v) is 4.36. The van der Waals surface area contributed by atoms with E-state index in [2.05, 4.69) is 43.2 Å². The second kappa shape index (κ2) is 4.97. The van der Waals surface area contributed by atoms with Gasteiger partial charge in [0.25, 0.3) is 0 Å². The Labute approximate surface area is 114 Å². The molecule has 1 aromatic heterocycles. The summed E-state index contributed by atoms with van der Waals surface area (Å²) in [5.74, 6) is 1.95. The van der Waals surface area contributed by atoms with Crippen molar-refractivity contribution in [2.24, 2.45) is 5.92 Å². The maximum atomic E-state index is 4.83. The third-order valence-electron chi connectivity index (χ3n) is 4.36. The van der Waals surface area contributed by atoms with Crippen molar-refractivity contribution in [2.75, 3.05) is 6.54 Å². The third kappa shape index (κ3) is 2.39. The normalized spacial score (nSPS) is 23.9. The molecule has 1 aromatic carbocycles. The standard InChI is InChI=1S/C16H23N3/c1-4-12-5-6-17-14(9-12)16-18-13-8-10(2)7-11(3)15(13)19-16/h7-8,12,14,17H,4-6,9H2,1-3H3,(H,18,19). The molecule has 0 aliphatic carbocycles. The molecule has 3 heteroatoms. The zero-order chi connectivity index (χ0) is 13.4. The van der Waals surface area contributed by atoms with Crippen LogP contribution in [0.5, 0.6) is 0 Å². The van der Waals surface area contributed by atoms with Crippen molar-refractivity contribution < 1.29 is 0 Å². The van der Waals surface area contributed by atoms with E-state index in [1.54, 1.807) is 0 Å². The van der Waals surface area contributed by atoms with Crippen LogP contribution in [0.15, 0.2) is 12.1 Å². The summed E-state index contributed by atoms with van der Waals surface area (Å²) in [7, 11) is 0. The number of hydrogen-bond acceptors (Lipinski definition) is 2. The molecule has 102 valence electrons. The maximum absolute atomic E-state index is 4.83. The number of H-pyrrole nitrogens is 1. The first-order valence-corrected chi connectivity index (χ1v) is 7.37. The molecule has 1 aliphatic rings. The van der Waals surface area contributed by atoms with Crippen molar-refractivity contribution in [1.82, 2.24) is 15.3 Å². The van der Waals surface area contributed by atoms with Crippen LogP contribution in [0.25, 0.3) is 11.0 Å². The Balaban J connectivity index is 1.94. The first-order valence-electron chi connectivity index (χ1n) is 7.37. The number of aryl methyl sites for hydroxylation is 2. The average Bonchev–Trinajstić information content (AvgIpc) is 2.83. The Morgan fingerprint density at radius 3 is 2.95 bits per heavy atom. The Morgan fingerprint density at radius 2 is 2.16 bits per heavy atom. The molecule has 19 heavy (non-hydrogen) atoms. The molecule has 2 heterocycles. The highest BCUT2D eigenvalue weighted by atomic mass is 15.0. The molecule has 1 saturated heterocycles. The number of nitrogens with one attached hydrogen (secondary N) is 2. The predicted octanol–water partition coefficient (Wildman–Crippen LogP) is 3.63. The van der Waals surface area contributed by atoms with Gasteiger partial charge in [-0.15, -0.1) is 0 Å². The van der Waals surface area contributed by atoms with Crippen LogP contribution in [0, 0.1) is 19.8 Å². The number of imidazole rings is 1. The van der Waals surface area contributed by atoms with E-state index < -0.39 is 0 Å². The van der Waals surface area contributed by atoms with Gasteiger partial charge in [0.05, 0.1) is 17.1 Å². The molecule has 3 nitrogen and oxygen atoms in total. The molecular weight excluding hydrogens is 234 g/mol. The average molecular weight is 257 g/mol. The molecule has 3 rings (SSSR count). The Morgan fingerprint density at radius 1 is 1.32 bits per heavy atom. The lowest BCUT2D eigenvalue weighted by Crippen LogP contribution is -2.32. The molecule has 2 atom stereocenters. The van der Waals surface area contributed by atoms with Gasteiger partial charge in [-0.3, -0.25) is 0 Å². The minimum absolute atomic E-state index is 0.394. The summed E-state index contributed by atoms with van der Waals surface area (Å²) in [6.07, 6.45) is 3.77. The van der Waals surface area contributed by atoms with Crippen LogP contribution in [0.2, 0.25) is 0 Å². The second-order valence-corrected chi connectivity index (χ2v) is 5.91. The van der Waals surface area contributed by atoms with Crippen LogP contribution < -0.4 is 5.32 Å². The van der Waals surface area contributed by atoms with Gasteiger partial charge < -0.3 is 10.3 Å². The van der Waals surface area contributed by atoms with Crippen molar-refractivity contribution in [3.8, 4) is 0 Å². The Bertz CT molecular complexity index is 585. The summed E-state index contributed by atoms with van der Waals surface area (Å²) in [5, 5.41) is 3.60. The minimum atomic E-state index is 0.394. The Kier molecular flexibility index (Phi) is 3.31. The summed E-state index contributed by atoms with van der Waals surface area (Å²) >= 11 is 0. The number of fused-ring (bicyclic) bond motifs is 1. The minimum Gasteiger partial charge on any atom is -0.341 e. The lowest BCUT2D eigenvalue weighted by Gasteiger charge is -2.28. The highest BCUT2D eigenvalue weighted by Gasteiger charge is 2.24. The van der Waals surface area contributed by atoms with E-state index in [0.29, 0.717) is 6.04 Å². The highest BCUT2D eigenvalue weighted by Crippen LogP contribution is 2.29. The fraction of sp³-hybridized carbons (Fsp3) is 0.562. The molecule has 0 amide bonds. The summed E-state index contributed by atoms with van der Waals surface area (Å²) in [6.45, 7) is 7.68. The molecule has 2 N–H and O–H groups in total. The summed E-state index contributed by atoms with van der Waals surface area (Å²) in [5.41, 5.74) is 4.86. The van der Waals surface area contributed by atoms with Crippen molar-refractivity contribution in [2.45, 2.75) is 46.1 Å². The fourth-order valence-electron chi connectivity index (χ4n) is 3.23. The monoisotopic (exact) mass is 257 g/mol. The van der Waals surface area contributed by atoms with Crippen molar-refractivity contribution >= 4 is 11.0 Å². The van der Waals surface area contributed by atoms with Crippen LogP contribution >= 0.6 is 0 Å². The van der Waals surface area contributed by atoms with E-state index in [1.165, 1.54) is 35.9 Å². The number of rotatable bonds is 2. The summed E-state index contributed by atoms with van der Waals surface area (Å²) < 4.78 is 0. The second-order valence-electron chi connectivity index (χ2n) is 5.91. The van der Waals surface area contributed by atoms with Gasteiger partial charge in [-0.2, -0.15) is 0 Å².